The topological polar surface area (TPSA) is 64.7 Å². The zero-order chi connectivity index (χ0) is 15.4. The lowest BCUT2D eigenvalue weighted by Gasteiger charge is -2.36. The summed E-state index contributed by atoms with van der Waals surface area (Å²) in [5.74, 6) is 1.92. The van der Waals surface area contributed by atoms with Gasteiger partial charge in [0.2, 0.25) is 5.91 Å². The molecule has 132 valence electrons. The molecule has 3 rings (SSSR count). The Balaban J connectivity index is 0.00000192. The van der Waals surface area contributed by atoms with Gasteiger partial charge in [-0.15, -0.1) is 24.2 Å². The molecule has 6 nitrogen and oxygen atoms in total. The van der Waals surface area contributed by atoms with Crippen molar-refractivity contribution in [3.8, 4) is 0 Å². The molecule has 0 bridgehead atoms. The molecular formula is C15H27ClN4O2S. The highest BCUT2D eigenvalue weighted by atomic mass is 35.5. The minimum Gasteiger partial charge on any atom is -0.338 e. The van der Waals surface area contributed by atoms with Gasteiger partial charge in [0.25, 0.3) is 0 Å². The molecular weight excluding hydrogens is 336 g/mol. The SMILES string of the molecule is Cl.O=C(NC1CCCCC1)N1CCN(C(=O)C2CSCN2)CC1. The van der Waals surface area contributed by atoms with Crippen LogP contribution in [0.1, 0.15) is 32.1 Å². The number of hydrogen-bond donors (Lipinski definition) is 2. The number of halogens is 1. The molecule has 2 saturated heterocycles. The maximum absolute atomic E-state index is 12.3. The van der Waals surface area contributed by atoms with Gasteiger partial charge in [0.15, 0.2) is 0 Å². The molecule has 1 atom stereocenters. The number of rotatable bonds is 2. The quantitative estimate of drug-likeness (QED) is 0.776. The zero-order valence-corrected chi connectivity index (χ0v) is 15.1. The summed E-state index contributed by atoms with van der Waals surface area (Å²) in [6, 6.07) is 0.363. The van der Waals surface area contributed by atoms with E-state index in [1.807, 2.05) is 9.80 Å². The summed E-state index contributed by atoms with van der Waals surface area (Å²) < 4.78 is 0. The number of piperazine rings is 1. The molecule has 3 amide bonds. The highest BCUT2D eigenvalue weighted by Crippen LogP contribution is 2.18. The summed E-state index contributed by atoms with van der Waals surface area (Å²) >= 11 is 1.77. The van der Waals surface area contributed by atoms with Gasteiger partial charge >= 0.3 is 6.03 Å². The fourth-order valence-corrected chi connectivity index (χ4v) is 4.35. The first-order chi connectivity index (χ1) is 10.7. The van der Waals surface area contributed by atoms with E-state index < -0.39 is 0 Å². The molecule has 23 heavy (non-hydrogen) atoms. The first kappa shape index (κ1) is 18.7. The van der Waals surface area contributed by atoms with Crippen molar-refractivity contribution >= 4 is 36.1 Å². The molecule has 1 aliphatic carbocycles. The molecule has 2 heterocycles. The lowest BCUT2D eigenvalue weighted by atomic mass is 9.96. The summed E-state index contributed by atoms with van der Waals surface area (Å²) in [5, 5.41) is 6.38. The Hall–Kier alpha value is -0.660. The molecule has 3 aliphatic rings. The predicted molar refractivity (Wildman–Crippen MR) is 95.1 cm³/mol. The van der Waals surface area contributed by atoms with Crippen molar-refractivity contribution in [1.82, 2.24) is 20.4 Å². The van der Waals surface area contributed by atoms with Gasteiger partial charge in [-0.1, -0.05) is 19.3 Å². The van der Waals surface area contributed by atoms with E-state index in [-0.39, 0.29) is 30.4 Å². The summed E-state index contributed by atoms with van der Waals surface area (Å²) in [6.45, 7) is 2.59. The van der Waals surface area contributed by atoms with E-state index in [9.17, 15) is 9.59 Å². The van der Waals surface area contributed by atoms with Crippen molar-refractivity contribution in [2.45, 2.75) is 44.2 Å². The van der Waals surface area contributed by atoms with Crippen LogP contribution in [0.3, 0.4) is 0 Å². The molecule has 1 saturated carbocycles. The number of carbonyl (C=O) groups is 2. The molecule has 2 aliphatic heterocycles. The van der Waals surface area contributed by atoms with Gasteiger partial charge in [-0.25, -0.2) is 4.79 Å². The number of urea groups is 1. The van der Waals surface area contributed by atoms with E-state index in [0.29, 0.717) is 32.2 Å². The van der Waals surface area contributed by atoms with Crippen LogP contribution < -0.4 is 10.6 Å². The van der Waals surface area contributed by atoms with Crippen LogP contribution in [0.25, 0.3) is 0 Å². The fraction of sp³-hybridized carbons (Fsp3) is 0.867. The van der Waals surface area contributed by atoms with Crippen molar-refractivity contribution in [2.24, 2.45) is 0 Å². The Labute approximate surface area is 148 Å². The van der Waals surface area contributed by atoms with Gasteiger partial charge in [0, 0.05) is 43.9 Å². The first-order valence-corrected chi connectivity index (χ1v) is 9.55. The number of thioether (sulfide) groups is 1. The van der Waals surface area contributed by atoms with Crippen LogP contribution in [-0.4, -0.2) is 71.6 Å². The van der Waals surface area contributed by atoms with Crippen LogP contribution >= 0.6 is 24.2 Å². The van der Waals surface area contributed by atoms with Gasteiger partial charge in [0.1, 0.15) is 0 Å². The van der Waals surface area contributed by atoms with Gasteiger partial charge in [0.05, 0.1) is 6.04 Å². The highest BCUT2D eigenvalue weighted by Gasteiger charge is 2.31. The molecule has 0 spiro atoms. The van der Waals surface area contributed by atoms with E-state index in [4.69, 9.17) is 0 Å². The van der Waals surface area contributed by atoms with E-state index in [2.05, 4.69) is 10.6 Å². The first-order valence-electron chi connectivity index (χ1n) is 8.39. The Morgan fingerprint density at radius 2 is 1.65 bits per heavy atom. The molecule has 0 aromatic carbocycles. The molecule has 0 aromatic heterocycles. The van der Waals surface area contributed by atoms with Gasteiger partial charge < -0.3 is 15.1 Å². The summed E-state index contributed by atoms with van der Waals surface area (Å²) in [7, 11) is 0. The third-order valence-corrected chi connectivity index (χ3v) is 5.77. The van der Waals surface area contributed by atoms with Crippen LogP contribution in [0, 0.1) is 0 Å². The second-order valence-electron chi connectivity index (χ2n) is 6.37. The summed E-state index contributed by atoms with van der Waals surface area (Å²) in [5.41, 5.74) is 0. The second kappa shape index (κ2) is 8.99. The average molecular weight is 363 g/mol. The van der Waals surface area contributed by atoms with Crippen LogP contribution in [0.15, 0.2) is 0 Å². The fourth-order valence-electron chi connectivity index (χ4n) is 3.42. The van der Waals surface area contributed by atoms with Gasteiger partial charge in [-0.3, -0.25) is 10.1 Å². The monoisotopic (exact) mass is 362 g/mol. The average Bonchev–Trinajstić information content (AvgIpc) is 3.10. The van der Waals surface area contributed by atoms with Crippen LogP contribution in [-0.2, 0) is 4.79 Å². The number of nitrogens with one attached hydrogen (secondary N) is 2. The summed E-state index contributed by atoms with van der Waals surface area (Å²) in [4.78, 5) is 28.4. The van der Waals surface area contributed by atoms with E-state index in [1.165, 1.54) is 19.3 Å². The van der Waals surface area contributed by atoms with Gasteiger partial charge in [-0.2, -0.15) is 0 Å². The number of carbonyl (C=O) groups excluding carboxylic acids is 2. The molecule has 2 N–H and O–H groups in total. The second-order valence-corrected chi connectivity index (χ2v) is 7.40. The maximum Gasteiger partial charge on any atom is 0.317 e. The Bertz CT molecular complexity index is 406. The smallest absolute Gasteiger partial charge is 0.317 e. The van der Waals surface area contributed by atoms with E-state index in [1.54, 1.807) is 11.8 Å². The van der Waals surface area contributed by atoms with Crippen molar-refractivity contribution in [2.75, 3.05) is 37.8 Å². The van der Waals surface area contributed by atoms with Crippen LogP contribution in [0.2, 0.25) is 0 Å². The molecule has 3 fully saturated rings. The molecule has 8 heteroatoms. The van der Waals surface area contributed by atoms with Crippen molar-refractivity contribution in [3.05, 3.63) is 0 Å². The number of amides is 3. The largest absolute Gasteiger partial charge is 0.338 e. The number of hydrogen-bond acceptors (Lipinski definition) is 4. The minimum absolute atomic E-state index is 0. The minimum atomic E-state index is -0.0346. The Morgan fingerprint density at radius 1 is 1.00 bits per heavy atom. The molecule has 0 radical (unpaired) electrons. The standard InChI is InChI=1S/C15H26N4O2S.ClH/c20-14(13-10-22-11-16-13)18-6-8-19(9-7-18)15(21)17-12-4-2-1-3-5-12;/h12-13,16H,1-11H2,(H,17,21);1H. The molecule has 0 aromatic rings. The van der Waals surface area contributed by atoms with Gasteiger partial charge in [-0.05, 0) is 12.8 Å². The van der Waals surface area contributed by atoms with E-state index >= 15 is 0 Å². The van der Waals surface area contributed by atoms with Crippen molar-refractivity contribution < 1.29 is 9.59 Å². The number of nitrogens with zero attached hydrogens (tertiary/aromatic N) is 2. The highest BCUT2D eigenvalue weighted by molar-refractivity contribution is 7.99. The lowest BCUT2D eigenvalue weighted by Crippen LogP contribution is -2.57. The van der Waals surface area contributed by atoms with E-state index in [0.717, 1.165) is 24.5 Å². The van der Waals surface area contributed by atoms with Crippen LogP contribution in [0.4, 0.5) is 4.79 Å². The zero-order valence-electron chi connectivity index (χ0n) is 13.5. The Morgan fingerprint density at radius 3 is 2.26 bits per heavy atom. The third-order valence-electron chi connectivity index (χ3n) is 4.83. The Kier molecular flexibility index (Phi) is 7.30. The molecule has 1 unspecified atom stereocenters. The predicted octanol–water partition coefficient (Wildman–Crippen LogP) is 1.26. The van der Waals surface area contributed by atoms with Crippen LogP contribution in [0.5, 0.6) is 0 Å². The third kappa shape index (κ3) is 4.90. The van der Waals surface area contributed by atoms with Crippen molar-refractivity contribution in [3.63, 3.8) is 0 Å². The normalized spacial score (nSPS) is 25.8. The maximum atomic E-state index is 12.3. The lowest BCUT2D eigenvalue weighted by molar-refractivity contribution is -0.134. The van der Waals surface area contributed by atoms with Crippen molar-refractivity contribution in [1.29, 1.82) is 0 Å². The summed E-state index contributed by atoms with van der Waals surface area (Å²) in [6.07, 6.45) is 5.95.